The number of benzene rings is 1. The van der Waals surface area contributed by atoms with Crippen LogP contribution in [0, 0.1) is 0 Å². The van der Waals surface area contributed by atoms with Crippen LogP contribution in [0.25, 0.3) is 10.9 Å². The summed E-state index contributed by atoms with van der Waals surface area (Å²) in [7, 11) is 3.69. The van der Waals surface area contributed by atoms with Gasteiger partial charge in [-0.1, -0.05) is 18.2 Å². The van der Waals surface area contributed by atoms with E-state index < -0.39 is 0 Å². The Bertz CT molecular complexity index is 545. The molecule has 0 fully saturated rings. The number of aliphatic hydroxyl groups is 1. The van der Waals surface area contributed by atoms with Crippen LogP contribution in [-0.4, -0.2) is 29.2 Å². The van der Waals surface area contributed by atoms with Crippen molar-refractivity contribution >= 4 is 22.5 Å². The number of hydrogen-bond donors (Lipinski definition) is 1. The zero-order valence-electron chi connectivity index (χ0n) is 10.1. The standard InChI is InChI=1S/C13H16N2O2/c1-14-9-12(15(2)13(17)7-8-16)10-5-3-4-6-11(10)14/h3-6,9,16H,7-8H2,1-2H3. The molecule has 0 spiro atoms. The van der Waals surface area contributed by atoms with Crippen molar-refractivity contribution < 1.29 is 9.90 Å². The first kappa shape index (κ1) is 11.7. The highest BCUT2D eigenvalue weighted by Crippen LogP contribution is 2.27. The van der Waals surface area contributed by atoms with Gasteiger partial charge in [0.2, 0.25) is 5.91 Å². The average molecular weight is 232 g/mol. The van der Waals surface area contributed by atoms with Gasteiger partial charge in [-0.15, -0.1) is 0 Å². The lowest BCUT2D eigenvalue weighted by Gasteiger charge is -2.15. The van der Waals surface area contributed by atoms with E-state index in [1.807, 2.05) is 42.1 Å². The molecule has 0 saturated carbocycles. The van der Waals surface area contributed by atoms with Crippen LogP contribution in [0.4, 0.5) is 5.69 Å². The Morgan fingerprint density at radius 2 is 2.12 bits per heavy atom. The number of anilines is 1. The second-order valence-electron chi connectivity index (χ2n) is 4.07. The Kier molecular flexibility index (Phi) is 3.15. The van der Waals surface area contributed by atoms with Gasteiger partial charge in [-0.05, 0) is 6.07 Å². The molecule has 1 aromatic carbocycles. The summed E-state index contributed by atoms with van der Waals surface area (Å²) in [5.74, 6) is -0.0798. The average Bonchev–Trinajstić information content (AvgIpc) is 2.67. The van der Waals surface area contributed by atoms with Crippen LogP contribution in [0.1, 0.15) is 6.42 Å². The lowest BCUT2D eigenvalue weighted by atomic mass is 10.2. The van der Waals surface area contributed by atoms with Gasteiger partial charge in [-0.3, -0.25) is 4.79 Å². The Balaban J connectivity index is 2.45. The number of fused-ring (bicyclic) bond motifs is 1. The fraction of sp³-hybridized carbons (Fsp3) is 0.308. The number of carbonyl (C=O) groups is 1. The van der Waals surface area contributed by atoms with Crippen LogP contribution in [0.2, 0.25) is 0 Å². The summed E-state index contributed by atoms with van der Waals surface area (Å²) in [6, 6.07) is 7.94. The summed E-state index contributed by atoms with van der Waals surface area (Å²) in [4.78, 5) is 13.3. The summed E-state index contributed by atoms with van der Waals surface area (Å²) in [5.41, 5.74) is 1.97. The summed E-state index contributed by atoms with van der Waals surface area (Å²) in [6.45, 7) is -0.117. The first-order valence-electron chi connectivity index (χ1n) is 5.56. The molecule has 0 aliphatic rings. The van der Waals surface area contributed by atoms with Crippen molar-refractivity contribution in [2.45, 2.75) is 6.42 Å². The fourth-order valence-corrected chi connectivity index (χ4v) is 1.99. The molecule has 1 heterocycles. The summed E-state index contributed by atoms with van der Waals surface area (Å²) in [5, 5.41) is 9.84. The largest absolute Gasteiger partial charge is 0.396 e. The zero-order chi connectivity index (χ0) is 12.4. The van der Waals surface area contributed by atoms with Crippen LogP contribution in [0.3, 0.4) is 0 Å². The molecular weight excluding hydrogens is 216 g/mol. The number of aliphatic hydroxyl groups excluding tert-OH is 1. The molecule has 1 N–H and O–H groups in total. The Labute approximate surface area is 100 Å². The number of aryl methyl sites for hydroxylation is 1. The van der Waals surface area contributed by atoms with E-state index in [0.29, 0.717) is 0 Å². The van der Waals surface area contributed by atoms with Gasteiger partial charge >= 0.3 is 0 Å². The lowest BCUT2D eigenvalue weighted by molar-refractivity contribution is -0.118. The second-order valence-corrected chi connectivity index (χ2v) is 4.07. The quantitative estimate of drug-likeness (QED) is 0.872. The first-order valence-corrected chi connectivity index (χ1v) is 5.56. The minimum atomic E-state index is -0.117. The van der Waals surface area contributed by atoms with Gasteiger partial charge in [0.1, 0.15) is 0 Å². The van der Waals surface area contributed by atoms with Crippen molar-refractivity contribution in [1.82, 2.24) is 4.57 Å². The SMILES string of the molecule is CN(C(=O)CCO)c1cn(C)c2ccccc12. The molecule has 0 unspecified atom stereocenters. The van der Waals surface area contributed by atoms with Crippen LogP contribution < -0.4 is 4.90 Å². The van der Waals surface area contributed by atoms with Gasteiger partial charge in [-0.2, -0.15) is 0 Å². The van der Waals surface area contributed by atoms with Crippen molar-refractivity contribution in [2.24, 2.45) is 7.05 Å². The van der Waals surface area contributed by atoms with Crippen LogP contribution in [0.5, 0.6) is 0 Å². The summed E-state index contributed by atoms with van der Waals surface area (Å²) < 4.78 is 1.99. The molecule has 2 aromatic rings. The molecule has 1 amide bonds. The predicted molar refractivity (Wildman–Crippen MR) is 68.0 cm³/mol. The molecule has 1 aromatic heterocycles. The third kappa shape index (κ3) is 2.03. The first-order chi connectivity index (χ1) is 8.15. The smallest absolute Gasteiger partial charge is 0.229 e. The van der Waals surface area contributed by atoms with Crippen LogP contribution in [-0.2, 0) is 11.8 Å². The van der Waals surface area contributed by atoms with Crippen molar-refractivity contribution in [3.8, 4) is 0 Å². The summed E-state index contributed by atoms with van der Waals surface area (Å²) >= 11 is 0. The minimum Gasteiger partial charge on any atom is -0.396 e. The second kappa shape index (κ2) is 4.59. The monoisotopic (exact) mass is 232 g/mol. The van der Waals surface area contributed by atoms with Gasteiger partial charge in [0.25, 0.3) is 0 Å². The van der Waals surface area contributed by atoms with Gasteiger partial charge in [0, 0.05) is 31.2 Å². The van der Waals surface area contributed by atoms with Crippen LogP contribution >= 0.6 is 0 Å². The number of amides is 1. The molecule has 90 valence electrons. The predicted octanol–water partition coefficient (Wildman–Crippen LogP) is 1.52. The number of carbonyl (C=O) groups excluding carboxylic acids is 1. The molecule has 2 rings (SSSR count). The van der Waals surface area contributed by atoms with Gasteiger partial charge in [0.15, 0.2) is 0 Å². The van der Waals surface area contributed by atoms with E-state index in [4.69, 9.17) is 5.11 Å². The fourth-order valence-electron chi connectivity index (χ4n) is 1.99. The van der Waals surface area contributed by atoms with E-state index in [0.717, 1.165) is 16.6 Å². The molecular formula is C13H16N2O2. The normalized spacial score (nSPS) is 10.8. The lowest BCUT2D eigenvalue weighted by Crippen LogP contribution is -2.26. The Morgan fingerprint density at radius 1 is 1.41 bits per heavy atom. The molecule has 0 atom stereocenters. The molecule has 4 nitrogen and oxygen atoms in total. The Morgan fingerprint density at radius 3 is 2.82 bits per heavy atom. The van der Waals surface area contributed by atoms with Crippen molar-refractivity contribution in [3.63, 3.8) is 0 Å². The van der Waals surface area contributed by atoms with Crippen molar-refractivity contribution in [1.29, 1.82) is 0 Å². The Hall–Kier alpha value is -1.81. The summed E-state index contributed by atoms with van der Waals surface area (Å²) in [6.07, 6.45) is 2.08. The number of para-hydroxylation sites is 1. The third-order valence-corrected chi connectivity index (χ3v) is 2.94. The highest BCUT2D eigenvalue weighted by molar-refractivity contribution is 6.03. The third-order valence-electron chi connectivity index (χ3n) is 2.94. The minimum absolute atomic E-state index is 0.0798. The number of nitrogens with zero attached hydrogens (tertiary/aromatic N) is 2. The molecule has 4 heteroatoms. The van der Waals surface area contributed by atoms with Crippen molar-refractivity contribution in [3.05, 3.63) is 30.5 Å². The van der Waals surface area contributed by atoms with E-state index in [-0.39, 0.29) is 18.9 Å². The number of rotatable bonds is 3. The van der Waals surface area contributed by atoms with Gasteiger partial charge < -0.3 is 14.6 Å². The molecule has 0 aliphatic heterocycles. The maximum absolute atomic E-state index is 11.8. The molecule has 17 heavy (non-hydrogen) atoms. The maximum Gasteiger partial charge on any atom is 0.229 e. The highest BCUT2D eigenvalue weighted by Gasteiger charge is 2.15. The zero-order valence-corrected chi connectivity index (χ0v) is 10.1. The topological polar surface area (TPSA) is 45.5 Å². The number of hydrogen-bond acceptors (Lipinski definition) is 2. The van der Waals surface area contributed by atoms with Gasteiger partial charge in [0.05, 0.1) is 18.7 Å². The number of aromatic nitrogens is 1. The molecule has 0 radical (unpaired) electrons. The molecule has 0 aliphatic carbocycles. The van der Waals surface area contributed by atoms with E-state index in [1.165, 1.54) is 0 Å². The maximum atomic E-state index is 11.8. The van der Waals surface area contributed by atoms with Crippen molar-refractivity contribution in [2.75, 3.05) is 18.6 Å². The van der Waals surface area contributed by atoms with E-state index >= 15 is 0 Å². The van der Waals surface area contributed by atoms with E-state index in [2.05, 4.69) is 0 Å². The van der Waals surface area contributed by atoms with E-state index in [9.17, 15) is 4.79 Å². The van der Waals surface area contributed by atoms with E-state index in [1.54, 1.807) is 11.9 Å². The molecule has 0 bridgehead atoms. The molecule has 0 saturated heterocycles. The highest BCUT2D eigenvalue weighted by atomic mass is 16.3. The van der Waals surface area contributed by atoms with Crippen LogP contribution in [0.15, 0.2) is 30.5 Å². The van der Waals surface area contributed by atoms with Gasteiger partial charge in [-0.25, -0.2) is 0 Å².